The van der Waals surface area contributed by atoms with Crippen LogP contribution in [-0.2, 0) is 12.8 Å². The molecule has 2 N–H and O–H groups in total. The van der Waals surface area contributed by atoms with E-state index in [1.807, 2.05) is 18.3 Å². The first-order valence-electron chi connectivity index (χ1n) is 8.39. The van der Waals surface area contributed by atoms with Gasteiger partial charge in [-0.25, -0.2) is 0 Å². The Kier molecular flexibility index (Phi) is 4.12. The number of phenolic OH excluding ortho intramolecular Hbond substituents is 1. The minimum atomic E-state index is 0.346. The van der Waals surface area contributed by atoms with Crippen molar-refractivity contribution in [1.82, 2.24) is 10.3 Å². The van der Waals surface area contributed by atoms with Crippen molar-refractivity contribution in [3.63, 3.8) is 0 Å². The molecule has 0 saturated carbocycles. The van der Waals surface area contributed by atoms with E-state index >= 15 is 0 Å². The average Bonchev–Trinajstić information content (AvgIpc) is 2.72. The summed E-state index contributed by atoms with van der Waals surface area (Å²) in [4.78, 5) is 4.83. The molecule has 2 aromatic rings. The van der Waals surface area contributed by atoms with Gasteiger partial charge >= 0.3 is 0 Å². The topological polar surface area (TPSA) is 45.2 Å². The number of pyridine rings is 1. The van der Waals surface area contributed by atoms with Crippen LogP contribution in [0.1, 0.15) is 41.1 Å². The molecule has 0 bridgehead atoms. The van der Waals surface area contributed by atoms with Crippen molar-refractivity contribution in [1.29, 1.82) is 0 Å². The van der Waals surface area contributed by atoms with Gasteiger partial charge in [0.1, 0.15) is 5.75 Å². The predicted octanol–water partition coefficient (Wildman–Crippen LogP) is 3.78. The van der Waals surface area contributed by atoms with Crippen LogP contribution in [0, 0.1) is 5.92 Å². The Balaban J connectivity index is 1.86. The number of aromatic hydroxyl groups is 1. The van der Waals surface area contributed by atoms with Crippen molar-refractivity contribution >= 4 is 15.9 Å². The summed E-state index contributed by atoms with van der Waals surface area (Å²) in [6, 6.07) is 8.12. The van der Waals surface area contributed by atoms with Crippen molar-refractivity contribution in [3.05, 3.63) is 57.3 Å². The van der Waals surface area contributed by atoms with Crippen molar-refractivity contribution in [2.75, 3.05) is 13.1 Å². The third-order valence-corrected chi connectivity index (χ3v) is 5.68. The van der Waals surface area contributed by atoms with Gasteiger partial charge in [-0.1, -0.05) is 6.07 Å². The van der Waals surface area contributed by atoms with Gasteiger partial charge in [0.05, 0.1) is 5.69 Å². The predicted molar refractivity (Wildman–Crippen MR) is 94.9 cm³/mol. The van der Waals surface area contributed by atoms with Gasteiger partial charge in [0.15, 0.2) is 0 Å². The number of hydrogen-bond donors (Lipinski definition) is 2. The number of nitrogens with one attached hydrogen (secondary N) is 1. The second-order valence-corrected chi connectivity index (χ2v) is 7.56. The van der Waals surface area contributed by atoms with Gasteiger partial charge in [0.25, 0.3) is 0 Å². The first-order valence-corrected chi connectivity index (χ1v) is 9.18. The Labute approximate surface area is 145 Å². The number of aryl methyl sites for hydroxylation is 2. The van der Waals surface area contributed by atoms with Crippen LogP contribution in [0.4, 0.5) is 0 Å². The molecule has 1 aliphatic heterocycles. The molecule has 3 nitrogen and oxygen atoms in total. The lowest BCUT2D eigenvalue weighted by atomic mass is 9.77. The van der Waals surface area contributed by atoms with Crippen LogP contribution in [0.3, 0.4) is 0 Å². The van der Waals surface area contributed by atoms with Gasteiger partial charge in [-0.05, 0) is 95.5 Å². The van der Waals surface area contributed by atoms with Gasteiger partial charge < -0.3 is 10.4 Å². The van der Waals surface area contributed by atoms with Crippen LogP contribution >= 0.6 is 15.9 Å². The molecule has 1 saturated heterocycles. The number of benzene rings is 1. The van der Waals surface area contributed by atoms with E-state index in [1.165, 1.54) is 35.2 Å². The van der Waals surface area contributed by atoms with Gasteiger partial charge in [-0.15, -0.1) is 0 Å². The summed E-state index contributed by atoms with van der Waals surface area (Å²) in [5.74, 6) is 1.33. The fraction of sp³-hybridized carbons (Fsp3) is 0.421. The second kappa shape index (κ2) is 6.25. The molecule has 23 heavy (non-hydrogen) atoms. The van der Waals surface area contributed by atoms with Gasteiger partial charge in [0, 0.05) is 16.6 Å². The number of piperidine rings is 1. The Morgan fingerprint density at radius 3 is 2.70 bits per heavy atom. The summed E-state index contributed by atoms with van der Waals surface area (Å²) >= 11 is 3.57. The molecule has 1 fully saturated rings. The third kappa shape index (κ3) is 2.90. The Morgan fingerprint density at radius 1 is 1.09 bits per heavy atom. The van der Waals surface area contributed by atoms with Crippen LogP contribution in [0.25, 0.3) is 0 Å². The molecular formula is C19H21BrN2O. The summed E-state index contributed by atoms with van der Waals surface area (Å²) in [5.41, 5.74) is 5.23. The van der Waals surface area contributed by atoms with Crippen molar-refractivity contribution < 1.29 is 5.11 Å². The molecule has 4 heteroatoms. The smallest absolute Gasteiger partial charge is 0.115 e. The number of aromatic nitrogens is 1. The Bertz CT molecular complexity index is 672. The standard InChI is InChI=1S/C19H21BrN2O/c20-15-9-14-2-1-13-10-16(23)3-4-17(13)18(19(14)22-11-15)12-5-7-21-8-6-12/h3-4,9-12,18,21,23H,1-2,5-8H2. The van der Waals surface area contributed by atoms with Crippen LogP contribution in [-0.4, -0.2) is 23.2 Å². The van der Waals surface area contributed by atoms with Crippen LogP contribution in [0.2, 0.25) is 0 Å². The molecule has 0 radical (unpaired) electrons. The Hall–Kier alpha value is -1.39. The molecule has 2 aliphatic rings. The van der Waals surface area contributed by atoms with E-state index in [0.29, 0.717) is 17.6 Å². The van der Waals surface area contributed by atoms with E-state index in [2.05, 4.69) is 33.4 Å². The maximum Gasteiger partial charge on any atom is 0.115 e. The number of hydrogen-bond acceptors (Lipinski definition) is 3. The molecule has 2 heterocycles. The third-order valence-electron chi connectivity index (χ3n) is 5.24. The summed E-state index contributed by atoms with van der Waals surface area (Å²) < 4.78 is 1.05. The normalized spacial score (nSPS) is 21.3. The van der Waals surface area contributed by atoms with Crippen LogP contribution < -0.4 is 5.32 Å². The van der Waals surface area contributed by atoms with E-state index in [-0.39, 0.29) is 0 Å². The molecule has 1 aromatic heterocycles. The van der Waals surface area contributed by atoms with Gasteiger partial charge in [0.2, 0.25) is 0 Å². The highest BCUT2D eigenvalue weighted by molar-refractivity contribution is 9.10. The molecule has 1 aliphatic carbocycles. The van der Waals surface area contributed by atoms with Gasteiger partial charge in [-0.3, -0.25) is 4.98 Å². The molecule has 1 unspecified atom stereocenters. The number of fused-ring (bicyclic) bond motifs is 2. The molecule has 120 valence electrons. The van der Waals surface area contributed by atoms with E-state index in [9.17, 15) is 5.11 Å². The highest BCUT2D eigenvalue weighted by atomic mass is 79.9. The first-order chi connectivity index (χ1) is 11.2. The van der Waals surface area contributed by atoms with E-state index < -0.39 is 0 Å². The number of phenols is 1. The maximum absolute atomic E-state index is 9.90. The number of halogens is 1. The van der Waals surface area contributed by atoms with Crippen molar-refractivity contribution in [2.45, 2.75) is 31.6 Å². The van der Waals surface area contributed by atoms with Gasteiger partial charge in [-0.2, -0.15) is 0 Å². The monoisotopic (exact) mass is 372 g/mol. The molecule has 0 amide bonds. The highest BCUT2D eigenvalue weighted by Gasteiger charge is 2.32. The minimum absolute atomic E-state index is 0.346. The largest absolute Gasteiger partial charge is 0.508 e. The van der Waals surface area contributed by atoms with Crippen LogP contribution in [0.15, 0.2) is 34.9 Å². The lowest BCUT2D eigenvalue weighted by molar-refractivity contribution is 0.338. The first kappa shape index (κ1) is 15.2. The SMILES string of the molecule is Oc1ccc2c(c1)CCc1cc(Br)cnc1C2C1CCNCC1. The number of rotatable bonds is 1. The zero-order chi connectivity index (χ0) is 15.8. The zero-order valence-electron chi connectivity index (χ0n) is 13.1. The maximum atomic E-state index is 9.90. The quantitative estimate of drug-likeness (QED) is 0.800. The van der Waals surface area contributed by atoms with Crippen molar-refractivity contribution in [2.24, 2.45) is 5.92 Å². The summed E-state index contributed by atoms with van der Waals surface area (Å²) in [6.07, 6.45) is 6.25. The second-order valence-electron chi connectivity index (χ2n) is 6.65. The van der Waals surface area contributed by atoms with E-state index in [4.69, 9.17) is 4.98 Å². The molecule has 1 aromatic carbocycles. The van der Waals surface area contributed by atoms with Crippen LogP contribution in [0.5, 0.6) is 5.75 Å². The van der Waals surface area contributed by atoms with E-state index in [1.54, 1.807) is 0 Å². The summed E-state index contributed by atoms with van der Waals surface area (Å²) in [6.45, 7) is 2.17. The summed E-state index contributed by atoms with van der Waals surface area (Å²) in [5, 5.41) is 13.4. The Morgan fingerprint density at radius 2 is 1.87 bits per heavy atom. The number of nitrogens with zero attached hydrogens (tertiary/aromatic N) is 1. The molecule has 0 spiro atoms. The lowest BCUT2D eigenvalue weighted by Gasteiger charge is -2.32. The minimum Gasteiger partial charge on any atom is -0.508 e. The zero-order valence-corrected chi connectivity index (χ0v) is 14.6. The highest BCUT2D eigenvalue weighted by Crippen LogP contribution is 2.42. The fourth-order valence-corrected chi connectivity index (χ4v) is 4.53. The molecular weight excluding hydrogens is 352 g/mol. The molecule has 4 rings (SSSR count). The van der Waals surface area contributed by atoms with Crippen molar-refractivity contribution in [3.8, 4) is 5.75 Å². The lowest BCUT2D eigenvalue weighted by Crippen LogP contribution is -2.31. The summed E-state index contributed by atoms with van der Waals surface area (Å²) in [7, 11) is 0. The fourth-order valence-electron chi connectivity index (χ4n) is 4.16. The average molecular weight is 373 g/mol. The van der Waals surface area contributed by atoms with E-state index in [0.717, 1.165) is 30.4 Å². The molecule has 1 atom stereocenters.